The second kappa shape index (κ2) is 12.7. The van der Waals surface area contributed by atoms with Crippen LogP contribution in [0.4, 0.5) is 4.79 Å². The van der Waals surface area contributed by atoms with E-state index in [0.717, 1.165) is 44.3 Å². The maximum atomic E-state index is 13.7. The molecule has 1 N–H and O–H groups in total. The van der Waals surface area contributed by atoms with Gasteiger partial charge in [0.15, 0.2) is 0 Å². The fraction of sp³-hybridized carbons (Fsp3) is 0.643. The van der Waals surface area contributed by atoms with Crippen LogP contribution in [0.25, 0.3) is 0 Å². The quantitative estimate of drug-likeness (QED) is 0.527. The van der Waals surface area contributed by atoms with Crippen LogP contribution in [0.1, 0.15) is 61.4 Å². The van der Waals surface area contributed by atoms with Crippen molar-refractivity contribution >= 4 is 23.8 Å². The molecule has 1 aliphatic carbocycles. The number of imide groups is 1. The first kappa shape index (κ1) is 28.0. The van der Waals surface area contributed by atoms with Crippen LogP contribution in [0.3, 0.4) is 0 Å². The Morgan fingerprint density at radius 1 is 0.974 bits per heavy atom. The Bertz CT molecular complexity index is 1010. The number of fused-ring (bicyclic) bond motifs is 1. The van der Waals surface area contributed by atoms with Crippen molar-refractivity contribution < 1.29 is 28.7 Å². The number of rotatable bonds is 9. The number of nitrogens with one attached hydrogen (secondary N) is 1. The number of carbonyl (C=O) groups excluding carboxylic acids is 4. The van der Waals surface area contributed by atoms with Crippen LogP contribution in [-0.2, 0) is 25.6 Å². The van der Waals surface area contributed by atoms with Gasteiger partial charge in [0.05, 0.1) is 24.7 Å². The van der Waals surface area contributed by atoms with Gasteiger partial charge in [-0.25, -0.2) is 4.79 Å². The Labute approximate surface area is 224 Å². The summed E-state index contributed by atoms with van der Waals surface area (Å²) in [4.78, 5) is 57.4. The van der Waals surface area contributed by atoms with Gasteiger partial charge in [-0.15, -0.1) is 0 Å². The van der Waals surface area contributed by atoms with Crippen LogP contribution in [0, 0.1) is 5.92 Å². The van der Waals surface area contributed by atoms with E-state index in [1.54, 1.807) is 38.5 Å². The predicted octanol–water partition coefficient (Wildman–Crippen LogP) is 2.41. The van der Waals surface area contributed by atoms with Gasteiger partial charge in [-0.2, -0.15) is 0 Å². The third-order valence-electron chi connectivity index (χ3n) is 7.98. The number of piperidine rings is 1. The van der Waals surface area contributed by atoms with E-state index in [9.17, 15) is 19.2 Å². The van der Waals surface area contributed by atoms with Gasteiger partial charge >= 0.3 is 6.03 Å². The highest BCUT2D eigenvalue weighted by molar-refractivity contribution is 6.00. The van der Waals surface area contributed by atoms with Crippen LogP contribution in [0.5, 0.6) is 0 Å². The van der Waals surface area contributed by atoms with Crippen molar-refractivity contribution in [3.8, 4) is 0 Å². The summed E-state index contributed by atoms with van der Waals surface area (Å²) in [6, 6.07) is 6.18. The number of ether oxygens (including phenoxy) is 2. The monoisotopic (exact) mass is 528 g/mol. The first-order chi connectivity index (χ1) is 18.4. The number of carbonyl (C=O) groups is 4. The molecule has 5 amide bonds. The van der Waals surface area contributed by atoms with Crippen LogP contribution in [-0.4, -0.2) is 97.1 Å². The van der Waals surface area contributed by atoms with E-state index in [0.29, 0.717) is 24.9 Å². The summed E-state index contributed by atoms with van der Waals surface area (Å²) >= 11 is 0. The number of hydrogen-bond donors (Lipinski definition) is 1. The van der Waals surface area contributed by atoms with Gasteiger partial charge in [-0.05, 0) is 56.2 Å². The lowest BCUT2D eigenvalue weighted by atomic mass is 9.78. The molecule has 2 heterocycles. The summed E-state index contributed by atoms with van der Waals surface area (Å²) in [5.41, 5.74) is 1.34. The van der Waals surface area contributed by atoms with Crippen molar-refractivity contribution in [3.05, 3.63) is 35.4 Å². The summed E-state index contributed by atoms with van der Waals surface area (Å²) < 4.78 is 11.2. The molecule has 208 valence electrons. The Kier molecular flexibility index (Phi) is 9.38. The fourth-order valence-electron chi connectivity index (χ4n) is 5.83. The highest BCUT2D eigenvalue weighted by Crippen LogP contribution is 2.37. The van der Waals surface area contributed by atoms with E-state index in [2.05, 4.69) is 5.32 Å². The lowest BCUT2D eigenvalue weighted by Gasteiger charge is -2.49. The van der Waals surface area contributed by atoms with E-state index in [-0.39, 0.29) is 43.0 Å². The molecule has 1 saturated carbocycles. The van der Waals surface area contributed by atoms with Gasteiger partial charge in [-0.3, -0.25) is 19.3 Å². The SMILES string of the molecule is CCCNC(=O)CN1C(=O)N(Cc2ccc(C(=O)N3CCCCC3)cc2)C(=O)C2CC(OC)C(OC)CC21. The number of likely N-dealkylation sites (tertiary alicyclic amines) is 1. The van der Waals surface area contributed by atoms with Crippen LogP contribution in [0.15, 0.2) is 24.3 Å². The summed E-state index contributed by atoms with van der Waals surface area (Å²) in [5, 5.41) is 2.83. The zero-order valence-corrected chi connectivity index (χ0v) is 22.7. The van der Waals surface area contributed by atoms with Crippen molar-refractivity contribution in [1.82, 2.24) is 20.0 Å². The van der Waals surface area contributed by atoms with E-state index in [4.69, 9.17) is 9.47 Å². The molecule has 38 heavy (non-hydrogen) atoms. The van der Waals surface area contributed by atoms with Gasteiger partial charge in [0.1, 0.15) is 6.54 Å². The number of hydrogen-bond acceptors (Lipinski definition) is 6. The fourth-order valence-corrected chi connectivity index (χ4v) is 5.83. The minimum absolute atomic E-state index is 0.00833. The van der Waals surface area contributed by atoms with E-state index in [1.165, 1.54) is 9.80 Å². The van der Waals surface area contributed by atoms with E-state index >= 15 is 0 Å². The van der Waals surface area contributed by atoms with Crippen molar-refractivity contribution in [2.45, 2.75) is 70.2 Å². The minimum atomic E-state index is -0.497. The zero-order chi connectivity index (χ0) is 27.2. The average molecular weight is 529 g/mol. The number of amides is 5. The van der Waals surface area contributed by atoms with Gasteiger partial charge in [-0.1, -0.05) is 19.1 Å². The second-order valence-corrected chi connectivity index (χ2v) is 10.4. The van der Waals surface area contributed by atoms with E-state index in [1.807, 2.05) is 11.8 Å². The molecule has 0 radical (unpaired) electrons. The zero-order valence-electron chi connectivity index (χ0n) is 22.7. The molecule has 0 spiro atoms. The molecule has 4 unspecified atom stereocenters. The molecule has 2 saturated heterocycles. The molecule has 4 rings (SSSR count). The first-order valence-corrected chi connectivity index (χ1v) is 13.7. The lowest BCUT2D eigenvalue weighted by Crippen LogP contribution is -2.66. The molecule has 3 aliphatic rings. The topological polar surface area (TPSA) is 108 Å². The van der Waals surface area contributed by atoms with Gasteiger partial charge < -0.3 is 24.6 Å². The van der Waals surface area contributed by atoms with Crippen molar-refractivity contribution in [2.24, 2.45) is 5.92 Å². The third-order valence-corrected chi connectivity index (χ3v) is 7.98. The largest absolute Gasteiger partial charge is 0.379 e. The predicted molar refractivity (Wildman–Crippen MR) is 140 cm³/mol. The molecule has 10 heteroatoms. The molecule has 4 atom stereocenters. The molecule has 10 nitrogen and oxygen atoms in total. The smallest absolute Gasteiger partial charge is 0.327 e. The number of methoxy groups -OCH3 is 2. The molecular formula is C28H40N4O6. The highest BCUT2D eigenvalue weighted by Gasteiger charge is 2.51. The normalized spacial score (nSPS) is 25.8. The molecular weight excluding hydrogens is 488 g/mol. The summed E-state index contributed by atoms with van der Waals surface area (Å²) in [6.07, 6.45) is 4.24. The Morgan fingerprint density at radius 3 is 2.26 bits per heavy atom. The van der Waals surface area contributed by atoms with Gasteiger partial charge in [0, 0.05) is 45.5 Å². The van der Waals surface area contributed by atoms with Gasteiger partial charge in [0.2, 0.25) is 11.8 Å². The van der Waals surface area contributed by atoms with Crippen molar-refractivity contribution in [1.29, 1.82) is 0 Å². The van der Waals surface area contributed by atoms with Gasteiger partial charge in [0.25, 0.3) is 5.91 Å². The molecule has 0 aromatic heterocycles. The average Bonchev–Trinajstić information content (AvgIpc) is 2.96. The first-order valence-electron chi connectivity index (χ1n) is 13.7. The molecule has 1 aromatic carbocycles. The Hall–Kier alpha value is -2.98. The number of nitrogens with zero attached hydrogens (tertiary/aromatic N) is 3. The number of urea groups is 1. The van der Waals surface area contributed by atoms with Crippen molar-refractivity contribution in [2.75, 3.05) is 40.4 Å². The van der Waals surface area contributed by atoms with Crippen molar-refractivity contribution in [3.63, 3.8) is 0 Å². The maximum absolute atomic E-state index is 13.7. The summed E-state index contributed by atoms with van der Waals surface area (Å²) in [5.74, 6) is -1.01. The minimum Gasteiger partial charge on any atom is -0.379 e. The Morgan fingerprint density at radius 2 is 1.63 bits per heavy atom. The van der Waals surface area contributed by atoms with Crippen LogP contribution < -0.4 is 5.32 Å². The standard InChI is InChI=1S/C28H40N4O6/c1-4-12-29-25(33)18-31-22-16-24(38-3)23(37-2)15-21(22)27(35)32(28(31)36)17-19-8-10-20(11-9-19)26(34)30-13-6-5-7-14-30/h8-11,21-24H,4-7,12-18H2,1-3H3,(H,29,33). The third kappa shape index (κ3) is 6.02. The second-order valence-electron chi connectivity index (χ2n) is 10.4. The Balaban J connectivity index is 1.53. The van der Waals surface area contributed by atoms with Crippen LogP contribution >= 0.6 is 0 Å². The van der Waals surface area contributed by atoms with Crippen LogP contribution in [0.2, 0.25) is 0 Å². The molecule has 2 aliphatic heterocycles. The molecule has 1 aromatic rings. The lowest BCUT2D eigenvalue weighted by molar-refractivity contribution is -0.153. The molecule has 3 fully saturated rings. The summed E-state index contributed by atoms with van der Waals surface area (Å²) in [7, 11) is 3.18. The highest BCUT2D eigenvalue weighted by atomic mass is 16.5. The van der Waals surface area contributed by atoms with E-state index < -0.39 is 18.0 Å². The maximum Gasteiger partial charge on any atom is 0.327 e. The molecule has 0 bridgehead atoms. The number of benzene rings is 1. The summed E-state index contributed by atoms with van der Waals surface area (Å²) in [6.45, 7) is 3.97.